The van der Waals surface area contributed by atoms with Gasteiger partial charge >= 0.3 is 0 Å². The Morgan fingerprint density at radius 3 is 1.96 bits per heavy atom. The molecule has 1 aliphatic heterocycles. The summed E-state index contributed by atoms with van der Waals surface area (Å²) in [4.78, 5) is 10.3. The third-order valence-electron chi connectivity index (χ3n) is 10.1. The van der Waals surface area contributed by atoms with E-state index in [2.05, 4.69) is 155 Å². The fourth-order valence-electron chi connectivity index (χ4n) is 7.73. The van der Waals surface area contributed by atoms with Crippen LogP contribution in [0.1, 0.15) is 22.9 Å². The summed E-state index contributed by atoms with van der Waals surface area (Å²) in [7, 11) is 0. The summed E-state index contributed by atoms with van der Waals surface area (Å²) >= 11 is 3.76. The molecule has 7 aromatic carbocycles. The second-order valence-corrected chi connectivity index (χ2v) is 15.1. The lowest BCUT2D eigenvalue weighted by Crippen LogP contribution is -2.33. The fraction of sp³-hybridized carbons (Fsp3) is 0.0222. The maximum Gasteiger partial charge on any atom is 0.159 e. The monoisotopic (exact) mass is 688 g/mol. The van der Waals surface area contributed by atoms with Crippen LogP contribution in [0.3, 0.4) is 0 Å². The van der Waals surface area contributed by atoms with E-state index in [0.717, 1.165) is 28.4 Å². The maximum atomic E-state index is 5.18. The van der Waals surface area contributed by atoms with Crippen molar-refractivity contribution in [2.24, 2.45) is 9.98 Å². The Labute approximate surface area is 301 Å². The summed E-state index contributed by atoms with van der Waals surface area (Å²) in [5.41, 5.74) is 6.84. The number of rotatable bonds is 4. The topological polar surface area (TPSA) is 41.7 Å². The molecular weight excluding hydrogens is 661 g/mol. The zero-order valence-corrected chi connectivity index (χ0v) is 28.9. The number of aliphatic imine (C=N–C) groups is 2. The highest BCUT2D eigenvalue weighted by molar-refractivity contribution is 7.30. The minimum Gasteiger partial charge on any atom is -0.344 e. The van der Waals surface area contributed by atoms with Gasteiger partial charge in [-0.25, -0.2) is 9.98 Å². The average Bonchev–Trinajstić information content (AvgIpc) is 3.88. The molecule has 0 amide bonds. The first-order chi connectivity index (χ1) is 25.3. The molecule has 240 valence electrons. The van der Waals surface area contributed by atoms with Gasteiger partial charge in [-0.3, -0.25) is 0 Å². The summed E-state index contributed by atoms with van der Waals surface area (Å²) < 4.78 is 7.63. The number of fused-ring (bicyclic) bond motifs is 10. The maximum absolute atomic E-state index is 5.18. The van der Waals surface area contributed by atoms with Gasteiger partial charge in [0.05, 0.1) is 21.4 Å². The highest BCUT2D eigenvalue weighted by atomic mass is 32.1. The molecule has 0 radical (unpaired) electrons. The third kappa shape index (κ3) is 4.43. The largest absolute Gasteiger partial charge is 0.344 e. The van der Waals surface area contributed by atoms with Crippen LogP contribution < -0.4 is 5.32 Å². The fourth-order valence-corrected chi connectivity index (χ4v) is 10.3. The Hall–Kier alpha value is -6.08. The molecule has 0 saturated heterocycles. The van der Waals surface area contributed by atoms with Crippen LogP contribution in [0.2, 0.25) is 0 Å². The van der Waals surface area contributed by atoms with Crippen LogP contribution in [-0.4, -0.2) is 16.2 Å². The van der Waals surface area contributed by atoms with E-state index >= 15 is 0 Å². The van der Waals surface area contributed by atoms with Gasteiger partial charge in [0.15, 0.2) is 5.84 Å². The lowest BCUT2D eigenvalue weighted by atomic mass is 10.0. The van der Waals surface area contributed by atoms with Crippen LogP contribution in [0, 0.1) is 0 Å². The number of benzene rings is 7. The minimum absolute atomic E-state index is 0.239. The molecule has 51 heavy (non-hydrogen) atoms. The molecule has 11 rings (SSSR count). The van der Waals surface area contributed by atoms with Crippen LogP contribution in [0.25, 0.3) is 67.8 Å². The normalized spacial score (nSPS) is 14.9. The van der Waals surface area contributed by atoms with Crippen molar-refractivity contribution in [3.63, 3.8) is 0 Å². The van der Waals surface area contributed by atoms with Crippen molar-refractivity contribution in [2.45, 2.75) is 6.17 Å². The van der Waals surface area contributed by atoms with E-state index in [1.165, 1.54) is 67.8 Å². The number of amidine groups is 2. The van der Waals surface area contributed by atoms with E-state index in [4.69, 9.17) is 9.98 Å². The van der Waals surface area contributed by atoms with Crippen LogP contribution in [0.5, 0.6) is 0 Å². The molecule has 0 fully saturated rings. The van der Waals surface area contributed by atoms with Crippen molar-refractivity contribution in [1.82, 2.24) is 9.88 Å². The predicted molar refractivity (Wildman–Crippen MR) is 218 cm³/mol. The van der Waals surface area contributed by atoms with Gasteiger partial charge in [0.2, 0.25) is 0 Å². The van der Waals surface area contributed by atoms with Gasteiger partial charge in [-0.1, -0.05) is 115 Å². The van der Waals surface area contributed by atoms with Crippen molar-refractivity contribution in [2.75, 3.05) is 0 Å². The Bertz CT molecular complexity index is 3000. The number of hydrogen-bond acceptors (Lipinski definition) is 5. The zero-order chi connectivity index (χ0) is 33.5. The summed E-state index contributed by atoms with van der Waals surface area (Å²) in [5, 5.41) is 11.3. The second-order valence-electron chi connectivity index (χ2n) is 13.0. The standard InChI is InChI=1S/C45H28N4S2/c1-3-12-27(13-4-1)43-46-44(28-14-5-2-6-15-28)48-45(47-43)29-22-24-38-34(26-29)40-39(50-38)25-23-33-32-18-11-21-37(41(32)51-42(33)40)49-35-19-9-7-16-30(35)31-17-8-10-20-36(31)49/h1-26,43H,(H,46,47,48). The molecule has 4 heterocycles. The Balaban J connectivity index is 1.13. The van der Waals surface area contributed by atoms with Gasteiger partial charge in [-0.05, 0) is 48.0 Å². The zero-order valence-electron chi connectivity index (χ0n) is 27.2. The summed E-state index contributed by atoms with van der Waals surface area (Å²) in [5.74, 6) is 1.56. The van der Waals surface area contributed by atoms with Crippen molar-refractivity contribution in [3.8, 4) is 5.69 Å². The van der Waals surface area contributed by atoms with Crippen molar-refractivity contribution < 1.29 is 0 Å². The highest BCUT2D eigenvalue weighted by Gasteiger charge is 2.23. The Morgan fingerprint density at radius 2 is 1.18 bits per heavy atom. The van der Waals surface area contributed by atoms with Crippen LogP contribution in [0.15, 0.2) is 168 Å². The van der Waals surface area contributed by atoms with Crippen molar-refractivity contribution in [1.29, 1.82) is 0 Å². The SMILES string of the molecule is c1ccc(C2=NC(c3ccc4sc5ccc6c7cccc(-n8c9ccccc9c9ccccc98)c7sc6c5c4c3)=NC(c3ccccc3)N2)cc1. The smallest absolute Gasteiger partial charge is 0.159 e. The molecule has 1 aliphatic rings. The summed E-state index contributed by atoms with van der Waals surface area (Å²) in [6, 6.07) is 56.4. The highest BCUT2D eigenvalue weighted by Crippen LogP contribution is 2.47. The predicted octanol–water partition coefficient (Wildman–Crippen LogP) is 12.0. The second kappa shape index (κ2) is 11.2. The Morgan fingerprint density at radius 1 is 0.510 bits per heavy atom. The first-order valence-corrected chi connectivity index (χ1v) is 18.7. The molecule has 0 saturated carbocycles. The van der Waals surface area contributed by atoms with Crippen molar-refractivity contribution in [3.05, 3.63) is 174 Å². The van der Waals surface area contributed by atoms with Gasteiger partial charge in [-0.2, -0.15) is 0 Å². The van der Waals surface area contributed by atoms with Gasteiger partial charge in [0.1, 0.15) is 12.0 Å². The summed E-state index contributed by atoms with van der Waals surface area (Å²) in [6.07, 6.45) is -0.239. The van der Waals surface area contributed by atoms with Gasteiger partial charge < -0.3 is 9.88 Å². The molecule has 3 aromatic heterocycles. The molecular formula is C45H28N4S2. The average molecular weight is 689 g/mol. The lowest BCUT2D eigenvalue weighted by Gasteiger charge is -2.23. The molecule has 10 aromatic rings. The quantitative estimate of drug-likeness (QED) is 0.196. The molecule has 6 heteroatoms. The van der Waals surface area contributed by atoms with E-state index in [9.17, 15) is 0 Å². The van der Waals surface area contributed by atoms with Crippen LogP contribution in [-0.2, 0) is 0 Å². The molecule has 1 unspecified atom stereocenters. The number of hydrogen-bond donors (Lipinski definition) is 1. The van der Waals surface area contributed by atoms with E-state index < -0.39 is 0 Å². The molecule has 0 aliphatic carbocycles. The summed E-state index contributed by atoms with van der Waals surface area (Å²) in [6.45, 7) is 0. The molecule has 4 nitrogen and oxygen atoms in total. The number of aromatic nitrogens is 1. The van der Waals surface area contributed by atoms with Gasteiger partial charge in [-0.15, -0.1) is 22.7 Å². The third-order valence-corrected chi connectivity index (χ3v) is 12.5. The number of nitrogens with zero attached hydrogens (tertiary/aromatic N) is 3. The molecule has 0 bridgehead atoms. The van der Waals surface area contributed by atoms with E-state index in [0.29, 0.717) is 0 Å². The van der Waals surface area contributed by atoms with Crippen LogP contribution >= 0.6 is 22.7 Å². The lowest BCUT2D eigenvalue weighted by molar-refractivity contribution is 0.674. The Kier molecular flexibility index (Phi) is 6.32. The minimum atomic E-state index is -0.239. The molecule has 0 spiro atoms. The molecule has 1 N–H and O–H groups in total. The number of para-hydroxylation sites is 2. The van der Waals surface area contributed by atoms with E-state index in [1.807, 2.05) is 34.8 Å². The van der Waals surface area contributed by atoms with Gasteiger partial charge in [0, 0.05) is 57.5 Å². The van der Waals surface area contributed by atoms with Crippen molar-refractivity contribution >= 4 is 96.5 Å². The van der Waals surface area contributed by atoms with E-state index in [1.54, 1.807) is 0 Å². The number of thiophene rings is 2. The number of nitrogens with one attached hydrogen (secondary N) is 1. The van der Waals surface area contributed by atoms with Crippen LogP contribution in [0.4, 0.5) is 0 Å². The first kappa shape index (κ1) is 28.7. The van der Waals surface area contributed by atoms with Gasteiger partial charge in [0.25, 0.3) is 0 Å². The molecule has 1 atom stereocenters. The first-order valence-electron chi connectivity index (χ1n) is 17.1. The van der Waals surface area contributed by atoms with E-state index in [-0.39, 0.29) is 6.17 Å².